The highest BCUT2D eigenvalue weighted by Crippen LogP contribution is 2.48. The minimum absolute atomic E-state index is 0.178. The summed E-state index contributed by atoms with van der Waals surface area (Å²) in [5.74, 6) is 0. The third kappa shape index (κ3) is 5.30. The normalized spacial score (nSPS) is 19.7. The summed E-state index contributed by atoms with van der Waals surface area (Å²) in [4.78, 5) is 9.59. The Morgan fingerprint density at radius 1 is 1.53 bits per heavy atom. The molecule has 0 aromatic carbocycles. The molecule has 0 fully saturated rings. The van der Waals surface area contributed by atoms with Crippen molar-refractivity contribution in [2.75, 3.05) is 6.61 Å². The Morgan fingerprint density at radius 3 is 2.33 bits per heavy atom. The minimum atomic E-state index is -3.74. The third-order valence-electron chi connectivity index (χ3n) is 1.93. The Balaban J connectivity index is 4.50. The standard InChI is InChI=1S/C9H20NO4P/c1-7(10-11)8(2)15(12,13)14-6-9(3,4)5/h8,11H,6H2,1-5H3,(H,12,13). The van der Waals surface area contributed by atoms with Crippen LogP contribution in [-0.4, -0.2) is 28.1 Å². The van der Waals surface area contributed by atoms with Crippen LogP contribution in [0.15, 0.2) is 5.16 Å². The van der Waals surface area contributed by atoms with E-state index in [1.807, 2.05) is 20.8 Å². The largest absolute Gasteiger partial charge is 0.411 e. The molecule has 0 aliphatic heterocycles. The van der Waals surface area contributed by atoms with E-state index >= 15 is 0 Å². The number of nitrogens with zero attached hydrogens (tertiary/aromatic N) is 1. The van der Waals surface area contributed by atoms with Gasteiger partial charge in [0, 0.05) is 0 Å². The van der Waals surface area contributed by atoms with Crippen LogP contribution in [-0.2, 0) is 9.09 Å². The first-order valence-electron chi connectivity index (χ1n) is 4.76. The van der Waals surface area contributed by atoms with Gasteiger partial charge in [-0.05, 0) is 19.3 Å². The predicted octanol–water partition coefficient (Wildman–Crippen LogP) is 2.47. The van der Waals surface area contributed by atoms with Crippen molar-refractivity contribution in [2.24, 2.45) is 10.6 Å². The molecule has 2 N–H and O–H groups in total. The van der Waals surface area contributed by atoms with Crippen LogP contribution in [0.4, 0.5) is 0 Å². The molecule has 0 aromatic heterocycles. The van der Waals surface area contributed by atoms with E-state index in [0.29, 0.717) is 0 Å². The van der Waals surface area contributed by atoms with Crippen LogP contribution in [0.1, 0.15) is 34.6 Å². The molecule has 0 rings (SSSR count). The highest BCUT2D eigenvalue weighted by molar-refractivity contribution is 7.54. The van der Waals surface area contributed by atoms with E-state index in [-0.39, 0.29) is 17.7 Å². The monoisotopic (exact) mass is 237 g/mol. The zero-order valence-electron chi connectivity index (χ0n) is 9.89. The molecule has 5 nitrogen and oxygen atoms in total. The summed E-state index contributed by atoms with van der Waals surface area (Å²) in [5.41, 5.74) is -0.776. The van der Waals surface area contributed by atoms with Gasteiger partial charge in [0.1, 0.15) is 0 Å². The van der Waals surface area contributed by atoms with Gasteiger partial charge >= 0.3 is 7.60 Å². The summed E-state index contributed by atoms with van der Waals surface area (Å²) in [6, 6.07) is 0. The first-order chi connectivity index (χ1) is 6.60. The smallest absolute Gasteiger partial charge is 0.336 e. The Kier molecular flexibility index (Phi) is 4.97. The average Bonchev–Trinajstić information content (AvgIpc) is 2.11. The summed E-state index contributed by atoms with van der Waals surface area (Å²) in [6.07, 6.45) is 0. The molecule has 0 aliphatic carbocycles. The summed E-state index contributed by atoms with van der Waals surface area (Å²) in [5, 5.41) is 11.4. The second kappa shape index (κ2) is 5.10. The van der Waals surface area contributed by atoms with Crippen molar-refractivity contribution in [2.45, 2.75) is 40.3 Å². The maximum Gasteiger partial charge on any atom is 0.336 e. The van der Waals surface area contributed by atoms with Crippen molar-refractivity contribution >= 4 is 13.3 Å². The Morgan fingerprint density at radius 2 is 2.00 bits per heavy atom. The van der Waals surface area contributed by atoms with E-state index in [0.717, 1.165) is 0 Å². The highest BCUT2D eigenvalue weighted by atomic mass is 31.2. The van der Waals surface area contributed by atoms with E-state index in [4.69, 9.17) is 9.73 Å². The lowest BCUT2D eigenvalue weighted by atomic mass is 9.99. The molecule has 15 heavy (non-hydrogen) atoms. The van der Waals surface area contributed by atoms with Gasteiger partial charge in [0.05, 0.1) is 18.0 Å². The van der Waals surface area contributed by atoms with Crippen LogP contribution in [0.25, 0.3) is 0 Å². The first kappa shape index (κ1) is 14.6. The molecule has 0 spiro atoms. The van der Waals surface area contributed by atoms with E-state index in [9.17, 15) is 9.46 Å². The molecule has 0 aromatic rings. The minimum Gasteiger partial charge on any atom is -0.411 e. The van der Waals surface area contributed by atoms with Gasteiger partial charge in [-0.1, -0.05) is 25.9 Å². The van der Waals surface area contributed by atoms with Gasteiger partial charge in [-0.2, -0.15) is 0 Å². The van der Waals surface area contributed by atoms with Crippen LogP contribution in [0.3, 0.4) is 0 Å². The molecule has 90 valence electrons. The van der Waals surface area contributed by atoms with E-state index in [1.165, 1.54) is 13.8 Å². The first-order valence-corrected chi connectivity index (χ1v) is 6.40. The maximum absolute atomic E-state index is 11.7. The van der Waals surface area contributed by atoms with E-state index in [1.54, 1.807) is 0 Å². The highest BCUT2D eigenvalue weighted by Gasteiger charge is 2.32. The molecule has 6 heteroatoms. The summed E-state index contributed by atoms with van der Waals surface area (Å²) >= 11 is 0. The second-order valence-corrected chi connectivity index (χ2v) is 6.98. The van der Waals surface area contributed by atoms with E-state index in [2.05, 4.69) is 5.16 Å². The lowest BCUT2D eigenvalue weighted by Crippen LogP contribution is -2.20. The van der Waals surface area contributed by atoms with Crippen molar-refractivity contribution in [3.05, 3.63) is 0 Å². The molecule has 0 saturated heterocycles. The molecule has 0 heterocycles. The van der Waals surface area contributed by atoms with Crippen molar-refractivity contribution in [1.82, 2.24) is 0 Å². The molecule has 0 aliphatic rings. The van der Waals surface area contributed by atoms with Gasteiger partial charge in [-0.25, -0.2) is 0 Å². The number of oxime groups is 1. The summed E-state index contributed by atoms with van der Waals surface area (Å²) < 4.78 is 16.7. The lowest BCUT2D eigenvalue weighted by molar-refractivity contribution is 0.173. The maximum atomic E-state index is 11.7. The molecule has 0 radical (unpaired) electrons. The van der Waals surface area contributed by atoms with Crippen molar-refractivity contribution in [3.8, 4) is 0 Å². The Bertz CT molecular complexity index is 282. The molecule has 2 unspecified atom stereocenters. The number of hydrogen-bond acceptors (Lipinski definition) is 4. The molecule has 2 atom stereocenters. The zero-order chi connectivity index (χ0) is 12.3. The molecule has 0 saturated carbocycles. The second-order valence-electron chi connectivity index (χ2n) is 4.82. The van der Waals surface area contributed by atoms with Crippen LogP contribution in [0.2, 0.25) is 0 Å². The molecular weight excluding hydrogens is 217 g/mol. The fourth-order valence-electron chi connectivity index (χ4n) is 0.718. The van der Waals surface area contributed by atoms with Crippen LogP contribution >= 0.6 is 7.60 Å². The van der Waals surface area contributed by atoms with Crippen molar-refractivity contribution in [3.63, 3.8) is 0 Å². The van der Waals surface area contributed by atoms with Crippen molar-refractivity contribution in [1.29, 1.82) is 0 Å². The zero-order valence-corrected chi connectivity index (χ0v) is 10.8. The van der Waals surface area contributed by atoms with Gasteiger partial charge in [0.25, 0.3) is 0 Å². The van der Waals surface area contributed by atoms with E-state index < -0.39 is 13.3 Å². The Hall–Kier alpha value is -0.380. The summed E-state index contributed by atoms with van der Waals surface area (Å²) in [6.45, 7) is 8.89. The number of hydrogen-bond donors (Lipinski definition) is 2. The molecular formula is C9H20NO4P. The van der Waals surface area contributed by atoms with Gasteiger partial charge in [-0.15, -0.1) is 0 Å². The number of rotatable bonds is 4. The SMILES string of the molecule is CC(=NO)C(C)P(=O)(O)OCC(C)(C)C. The van der Waals surface area contributed by atoms with Crippen LogP contribution < -0.4 is 0 Å². The predicted molar refractivity (Wildman–Crippen MR) is 59.6 cm³/mol. The quantitative estimate of drug-likeness (QED) is 0.340. The fraction of sp³-hybridized carbons (Fsp3) is 0.889. The molecule has 0 amide bonds. The lowest BCUT2D eigenvalue weighted by Gasteiger charge is -2.23. The average molecular weight is 237 g/mol. The van der Waals surface area contributed by atoms with Gasteiger partial charge in [0.15, 0.2) is 0 Å². The topological polar surface area (TPSA) is 79.1 Å². The third-order valence-corrected chi connectivity index (χ3v) is 3.79. The fourth-order valence-corrected chi connectivity index (χ4v) is 2.04. The Labute approximate surface area is 90.7 Å². The van der Waals surface area contributed by atoms with Gasteiger partial charge in [0.2, 0.25) is 0 Å². The van der Waals surface area contributed by atoms with Crippen molar-refractivity contribution < 1.29 is 19.2 Å². The molecule has 0 bridgehead atoms. The summed E-state index contributed by atoms with van der Waals surface area (Å²) in [7, 11) is -3.74. The van der Waals surface area contributed by atoms with Crippen LogP contribution in [0.5, 0.6) is 0 Å². The van der Waals surface area contributed by atoms with Crippen LogP contribution in [0, 0.1) is 5.41 Å². The van der Waals surface area contributed by atoms with Gasteiger partial charge in [-0.3, -0.25) is 4.57 Å². The van der Waals surface area contributed by atoms with Gasteiger partial charge < -0.3 is 14.6 Å².